The maximum atomic E-state index is 3.86. The molecule has 3 unspecified atom stereocenters. The van der Waals surface area contributed by atoms with Gasteiger partial charge in [-0.05, 0) is 76.5 Å². The average molecular weight is 266 g/mol. The molecule has 1 N–H and O–H groups in total. The van der Waals surface area contributed by atoms with Gasteiger partial charge in [-0.15, -0.1) is 0 Å². The third-order valence-corrected chi connectivity index (χ3v) is 5.56. The molecule has 0 bridgehead atoms. The third kappa shape index (κ3) is 4.75. The van der Waals surface area contributed by atoms with Crippen molar-refractivity contribution in [2.75, 3.05) is 26.2 Å². The van der Waals surface area contributed by atoms with Gasteiger partial charge in [-0.25, -0.2) is 0 Å². The Bertz CT molecular complexity index is 246. The zero-order chi connectivity index (χ0) is 13.7. The van der Waals surface area contributed by atoms with Gasteiger partial charge in [0.1, 0.15) is 0 Å². The van der Waals surface area contributed by atoms with Crippen LogP contribution in [0.5, 0.6) is 0 Å². The number of nitrogens with one attached hydrogen (secondary N) is 1. The van der Waals surface area contributed by atoms with Crippen molar-refractivity contribution in [3.63, 3.8) is 0 Å². The predicted molar refractivity (Wildman–Crippen MR) is 83.4 cm³/mol. The lowest BCUT2D eigenvalue weighted by atomic mass is 9.82. The second-order valence-electron chi connectivity index (χ2n) is 7.11. The molecule has 0 aromatic rings. The van der Waals surface area contributed by atoms with E-state index in [1.165, 1.54) is 64.7 Å². The second kappa shape index (κ2) is 7.64. The van der Waals surface area contributed by atoms with Crippen LogP contribution in [0.3, 0.4) is 0 Å². The summed E-state index contributed by atoms with van der Waals surface area (Å²) in [6.45, 7) is 12.2. The van der Waals surface area contributed by atoms with E-state index in [4.69, 9.17) is 0 Å². The van der Waals surface area contributed by atoms with E-state index in [9.17, 15) is 0 Å². The van der Waals surface area contributed by atoms with Crippen molar-refractivity contribution >= 4 is 0 Å². The van der Waals surface area contributed by atoms with Gasteiger partial charge in [-0.1, -0.05) is 26.7 Å². The first kappa shape index (κ1) is 15.3. The smallest absolute Gasteiger partial charge is 0.00680 e. The van der Waals surface area contributed by atoms with E-state index in [1.54, 1.807) is 0 Å². The van der Waals surface area contributed by atoms with Gasteiger partial charge in [-0.3, -0.25) is 0 Å². The van der Waals surface area contributed by atoms with Crippen LogP contribution in [0.4, 0.5) is 0 Å². The molecule has 2 nitrogen and oxygen atoms in total. The molecule has 0 radical (unpaired) electrons. The number of likely N-dealkylation sites (tertiary alicyclic amines) is 1. The molecule has 112 valence electrons. The topological polar surface area (TPSA) is 15.3 Å². The fourth-order valence-electron chi connectivity index (χ4n) is 4.03. The van der Waals surface area contributed by atoms with Crippen molar-refractivity contribution in [1.82, 2.24) is 10.2 Å². The third-order valence-electron chi connectivity index (χ3n) is 5.56. The summed E-state index contributed by atoms with van der Waals surface area (Å²) in [6.07, 6.45) is 8.61. The van der Waals surface area contributed by atoms with Gasteiger partial charge in [0.05, 0.1) is 0 Å². The summed E-state index contributed by atoms with van der Waals surface area (Å²) in [6, 6.07) is 0.719. The Labute approximate surface area is 120 Å². The molecule has 0 aromatic heterocycles. The van der Waals surface area contributed by atoms with E-state index in [0.717, 1.165) is 23.8 Å². The number of hydrogen-bond acceptors (Lipinski definition) is 2. The van der Waals surface area contributed by atoms with Crippen molar-refractivity contribution in [2.24, 2.45) is 17.8 Å². The molecule has 1 saturated heterocycles. The lowest BCUT2D eigenvalue weighted by Gasteiger charge is -2.35. The number of hydrogen-bond donors (Lipinski definition) is 1. The zero-order valence-corrected chi connectivity index (χ0v) is 13.3. The highest BCUT2D eigenvalue weighted by molar-refractivity contribution is 4.81. The summed E-state index contributed by atoms with van der Waals surface area (Å²) in [7, 11) is 0. The molecule has 1 heterocycles. The summed E-state index contributed by atoms with van der Waals surface area (Å²) in [4.78, 5) is 2.59. The van der Waals surface area contributed by atoms with Crippen LogP contribution < -0.4 is 5.32 Å². The summed E-state index contributed by atoms with van der Waals surface area (Å²) < 4.78 is 0. The highest BCUT2D eigenvalue weighted by Gasteiger charge is 2.24. The Morgan fingerprint density at radius 2 is 1.89 bits per heavy atom. The highest BCUT2D eigenvalue weighted by Crippen LogP contribution is 2.28. The molecule has 1 aliphatic carbocycles. The molecule has 2 rings (SSSR count). The Balaban J connectivity index is 1.65. The molecule has 0 aromatic carbocycles. The molecular weight excluding hydrogens is 232 g/mol. The van der Waals surface area contributed by atoms with Gasteiger partial charge in [0.2, 0.25) is 0 Å². The summed E-state index contributed by atoms with van der Waals surface area (Å²) in [5.74, 6) is 2.81. The van der Waals surface area contributed by atoms with Crippen LogP contribution in [0.1, 0.15) is 59.3 Å². The fourth-order valence-corrected chi connectivity index (χ4v) is 4.03. The van der Waals surface area contributed by atoms with E-state index in [-0.39, 0.29) is 0 Å². The molecule has 1 aliphatic heterocycles. The minimum atomic E-state index is 0.719. The maximum absolute atomic E-state index is 3.86. The quantitative estimate of drug-likeness (QED) is 0.819. The zero-order valence-electron chi connectivity index (χ0n) is 13.3. The van der Waals surface area contributed by atoms with Crippen LogP contribution in [0.2, 0.25) is 0 Å². The molecule has 3 atom stereocenters. The van der Waals surface area contributed by atoms with Crippen molar-refractivity contribution in [2.45, 2.75) is 65.3 Å². The van der Waals surface area contributed by atoms with Crippen molar-refractivity contribution < 1.29 is 0 Å². The molecule has 0 amide bonds. The summed E-state index contributed by atoms with van der Waals surface area (Å²) in [5, 5.41) is 3.86. The van der Waals surface area contributed by atoms with Crippen LogP contribution in [0.15, 0.2) is 0 Å². The van der Waals surface area contributed by atoms with Gasteiger partial charge in [0.25, 0.3) is 0 Å². The lowest BCUT2D eigenvalue weighted by molar-refractivity contribution is 0.163. The minimum absolute atomic E-state index is 0.719. The van der Waals surface area contributed by atoms with E-state index < -0.39 is 0 Å². The first-order chi connectivity index (χ1) is 9.19. The van der Waals surface area contributed by atoms with Gasteiger partial charge in [0, 0.05) is 6.04 Å². The average Bonchev–Trinajstić information content (AvgIpc) is 2.45. The largest absolute Gasteiger partial charge is 0.314 e. The summed E-state index contributed by atoms with van der Waals surface area (Å²) in [5.41, 5.74) is 0. The van der Waals surface area contributed by atoms with E-state index in [1.807, 2.05) is 0 Å². The lowest BCUT2D eigenvalue weighted by Crippen LogP contribution is -2.43. The van der Waals surface area contributed by atoms with Crippen molar-refractivity contribution in [3.05, 3.63) is 0 Å². The Kier molecular flexibility index (Phi) is 6.15. The van der Waals surface area contributed by atoms with Crippen LogP contribution in [-0.4, -0.2) is 37.1 Å². The SMILES string of the molecule is CCN1CCC(C(C)NCC2CCCC(C)C2)CC1. The number of piperidine rings is 1. The number of rotatable bonds is 5. The van der Waals surface area contributed by atoms with Crippen LogP contribution in [0.25, 0.3) is 0 Å². The van der Waals surface area contributed by atoms with Gasteiger partial charge in [-0.2, -0.15) is 0 Å². The Hall–Kier alpha value is -0.0800. The molecule has 2 heteroatoms. The minimum Gasteiger partial charge on any atom is -0.314 e. The van der Waals surface area contributed by atoms with E-state index in [2.05, 4.69) is 31.0 Å². The first-order valence-corrected chi connectivity index (χ1v) is 8.64. The Morgan fingerprint density at radius 1 is 1.16 bits per heavy atom. The maximum Gasteiger partial charge on any atom is 0.00680 e. The first-order valence-electron chi connectivity index (χ1n) is 8.64. The van der Waals surface area contributed by atoms with Crippen LogP contribution in [-0.2, 0) is 0 Å². The van der Waals surface area contributed by atoms with Crippen molar-refractivity contribution in [3.8, 4) is 0 Å². The number of nitrogens with zero attached hydrogens (tertiary/aromatic N) is 1. The fraction of sp³-hybridized carbons (Fsp3) is 1.00. The van der Waals surface area contributed by atoms with Crippen LogP contribution in [0, 0.1) is 17.8 Å². The van der Waals surface area contributed by atoms with Gasteiger partial charge >= 0.3 is 0 Å². The standard InChI is InChI=1S/C17H34N2/c1-4-19-10-8-17(9-11-19)15(3)18-13-16-7-5-6-14(2)12-16/h14-18H,4-13H2,1-3H3. The Morgan fingerprint density at radius 3 is 2.53 bits per heavy atom. The van der Waals surface area contributed by atoms with Crippen molar-refractivity contribution in [1.29, 1.82) is 0 Å². The second-order valence-corrected chi connectivity index (χ2v) is 7.11. The van der Waals surface area contributed by atoms with Gasteiger partial charge < -0.3 is 10.2 Å². The van der Waals surface area contributed by atoms with E-state index >= 15 is 0 Å². The normalized spacial score (nSPS) is 32.4. The molecular formula is C17H34N2. The van der Waals surface area contributed by atoms with E-state index in [0.29, 0.717) is 0 Å². The molecule has 2 aliphatic rings. The van der Waals surface area contributed by atoms with Gasteiger partial charge in [0.15, 0.2) is 0 Å². The molecule has 19 heavy (non-hydrogen) atoms. The monoisotopic (exact) mass is 266 g/mol. The summed E-state index contributed by atoms with van der Waals surface area (Å²) >= 11 is 0. The van der Waals surface area contributed by atoms with Crippen LogP contribution >= 0.6 is 0 Å². The molecule has 1 saturated carbocycles. The molecule has 2 fully saturated rings. The predicted octanol–water partition coefficient (Wildman–Crippen LogP) is 3.52. The highest BCUT2D eigenvalue weighted by atomic mass is 15.1. The molecule has 0 spiro atoms.